The van der Waals surface area contributed by atoms with Crippen molar-refractivity contribution < 1.29 is 18.3 Å². The summed E-state index contributed by atoms with van der Waals surface area (Å²) in [5, 5.41) is 5.20. The van der Waals surface area contributed by atoms with Gasteiger partial charge in [-0.15, -0.1) is 0 Å². The van der Waals surface area contributed by atoms with E-state index in [0.29, 0.717) is 19.8 Å². The lowest BCUT2D eigenvalue weighted by molar-refractivity contribution is 0.0871. The van der Waals surface area contributed by atoms with Crippen molar-refractivity contribution in [2.45, 2.75) is 26.8 Å². The smallest absolute Gasteiger partial charge is 0.251 e. The summed E-state index contributed by atoms with van der Waals surface area (Å²) < 4.78 is 32.5. The molecule has 0 fully saturated rings. The summed E-state index contributed by atoms with van der Waals surface area (Å²) >= 11 is 0. The number of amides is 1. The van der Waals surface area contributed by atoms with E-state index in [9.17, 15) is 13.6 Å². The molecule has 1 aromatic rings. The maximum atomic E-state index is 13.7. The van der Waals surface area contributed by atoms with Crippen LogP contribution in [0.25, 0.3) is 0 Å². The molecule has 0 saturated heterocycles. The molecule has 0 spiro atoms. The number of benzene rings is 1. The van der Waals surface area contributed by atoms with Gasteiger partial charge in [-0.05, 0) is 32.9 Å². The first kappa shape index (κ1) is 16.4. The molecule has 0 aliphatic carbocycles. The van der Waals surface area contributed by atoms with Crippen molar-refractivity contribution in [3.8, 4) is 0 Å². The summed E-state index contributed by atoms with van der Waals surface area (Å²) in [6.45, 7) is 6.62. The van der Waals surface area contributed by atoms with E-state index < -0.39 is 17.5 Å². The van der Waals surface area contributed by atoms with E-state index in [4.69, 9.17) is 4.74 Å². The van der Waals surface area contributed by atoms with Gasteiger partial charge in [-0.2, -0.15) is 0 Å². The van der Waals surface area contributed by atoms with E-state index in [1.165, 1.54) is 0 Å². The number of ether oxygens (including phenoxy) is 1. The van der Waals surface area contributed by atoms with Gasteiger partial charge in [0.1, 0.15) is 17.3 Å². The van der Waals surface area contributed by atoms with Crippen LogP contribution in [0.3, 0.4) is 0 Å². The Labute approximate surface area is 117 Å². The van der Waals surface area contributed by atoms with Gasteiger partial charge >= 0.3 is 0 Å². The molecular formula is C14H20F2N2O2. The van der Waals surface area contributed by atoms with Crippen LogP contribution >= 0.6 is 0 Å². The van der Waals surface area contributed by atoms with Gasteiger partial charge in [-0.25, -0.2) is 8.78 Å². The van der Waals surface area contributed by atoms with Gasteiger partial charge in [-0.3, -0.25) is 4.79 Å². The number of hydrogen-bond donors (Lipinski definition) is 2. The molecule has 4 nitrogen and oxygen atoms in total. The van der Waals surface area contributed by atoms with Crippen LogP contribution < -0.4 is 10.6 Å². The lowest BCUT2D eigenvalue weighted by Crippen LogP contribution is -2.36. The molecule has 20 heavy (non-hydrogen) atoms. The first-order valence-electron chi connectivity index (χ1n) is 6.61. The molecule has 0 saturated carbocycles. The zero-order valence-corrected chi connectivity index (χ0v) is 11.9. The van der Waals surface area contributed by atoms with Gasteiger partial charge in [-0.1, -0.05) is 0 Å². The summed E-state index contributed by atoms with van der Waals surface area (Å²) in [6.07, 6.45) is 0. The molecule has 1 atom stereocenters. The van der Waals surface area contributed by atoms with E-state index in [2.05, 4.69) is 10.6 Å². The highest BCUT2D eigenvalue weighted by molar-refractivity contribution is 5.94. The molecule has 0 aromatic heterocycles. The number of anilines is 1. The van der Waals surface area contributed by atoms with Gasteiger partial charge in [0.05, 0.1) is 6.61 Å². The van der Waals surface area contributed by atoms with Crippen LogP contribution in [0.4, 0.5) is 14.5 Å². The molecule has 0 heterocycles. The average molecular weight is 286 g/mol. The fraction of sp³-hybridized carbons (Fsp3) is 0.500. The molecule has 1 amide bonds. The number of carbonyl (C=O) groups excluding carboxylic acids is 1. The molecule has 1 rings (SSSR count). The van der Waals surface area contributed by atoms with Crippen molar-refractivity contribution in [3.05, 3.63) is 29.3 Å². The molecule has 1 unspecified atom stereocenters. The van der Waals surface area contributed by atoms with E-state index in [1.54, 1.807) is 13.8 Å². The van der Waals surface area contributed by atoms with Crippen LogP contribution in [0.1, 0.15) is 31.1 Å². The highest BCUT2D eigenvalue weighted by atomic mass is 19.1. The Morgan fingerprint density at radius 2 is 1.90 bits per heavy atom. The van der Waals surface area contributed by atoms with Gasteiger partial charge in [0, 0.05) is 24.8 Å². The molecule has 0 radical (unpaired) electrons. The molecule has 0 aliphatic heterocycles. The monoisotopic (exact) mass is 286 g/mol. The zero-order valence-electron chi connectivity index (χ0n) is 11.9. The predicted octanol–water partition coefficient (Wildman–Crippen LogP) is 2.55. The summed E-state index contributed by atoms with van der Waals surface area (Å²) in [6, 6.07) is 1.80. The van der Waals surface area contributed by atoms with E-state index in [0.717, 1.165) is 12.1 Å². The predicted molar refractivity (Wildman–Crippen MR) is 73.9 cm³/mol. The Morgan fingerprint density at radius 1 is 1.30 bits per heavy atom. The summed E-state index contributed by atoms with van der Waals surface area (Å²) in [5.74, 6) is -2.10. The zero-order chi connectivity index (χ0) is 15.1. The fourth-order valence-corrected chi connectivity index (χ4v) is 1.69. The molecule has 112 valence electrons. The fourth-order valence-electron chi connectivity index (χ4n) is 1.69. The highest BCUT2D eigenvalue weighted by Crippen LogP contribution is 2.20. The van der Waals surface area contributed by atoms with Gasteiger partial charge < -0.3 is 15.4 Å². The van der Waals surface area contributed by atoms with Crippen LogP contribution in [-0.2, 0) is 4.74 Å². The lowest BCUT2D eigenvalue weighted by atomic mass is 10.1. The first-order chi connectivity index (χ1) is 9.49. The second-order valence-corrected chi connectivity index (χ2v) is 4.38. The molecular weight excluding hydrogens is 266 g/mol. The molecule has 1 aromatic carbocycles. The maximum absolute atomic E-state index is 13.7. The van der Waals surface area contributed by atoms with Crippen molar-refractivity contribution in [2.75, 3.05) is 25.1 Å². The van der Waals surface area contributed by atoms with Crippen LogP contribution in [-0.4, -0.2) is 31.7 Å². The largest absolute Gasteiger partial charge is 0.381 e. The van der Waals surface area contributed by atoms with Gasteiger partial charge in [0.25, 0.3) is 5.91 Å². The normalized spacial score (nSPS) is 12.1. The standard InChI is InChI=1S/C14H20F2N2O2/c1-4-17-13-11(15)6-10(7-12(13)16)14(19)18-9(3)8-20-5-2/h6-7,9,17H,4-5,8H2,1-3H3,(H,18,19). The maximum Gasteiger partial charge on any atom is 0.251 e. The van der Waals surface area contributed by atoms with Crippen molar-refractivity contribution in [1.29, 1.82) is 0 Å². The Kier molecular flexibility index (Phi) is 6.38. The van der Waals surface area contributed by atoms with Gasteiger partial charge in [0.2, 0.25) is 0 Å². The van der Waals surface area contributed by atoms with Gasteiger partial charge in [0.15, 0.2) is 0 Å². The Hall–Kier alpha value is -1.69. The second-order valence-electron chi connectivity index (χ2n) is 4.38. The number of carbonyl (C=O) groups is 1. The topological polar surface area (TPSA) is 50.4 Å². The third-order valence-corrected chi connectivity index (χ3v) is 2.61. The number of rotatable bonds is 7. The minimum absolute atomic E-state index is 0.0509. The molecule has 2 N–H and O–H groups in total. The van der Waals surface area contributed by atoms with Crippen LogP contribution in [0.2, 0.25) is 0 Å². The van der Waals surface area contributed by atoms with Crippen molar-refractivity contribution in [1.82, 2.24) is 5.32 Å². The minimum atomic E-state index is -0.783. The van der Waals surface area contributed by atoms with Crippen LogP contribution in [0, 0.1) is 11.6 Å². The third kappa shape index (κ3) is 4.45. The third-order valence-electron chi connectivity index (χ3n) is 2.61. The minimum Gasteiger partial charge on any atom is -0.381 e. The van der Waals surface area contributed by atoms with Crippen molar-refractivity contribution in [2.24, 2.45) is 0 Å². The highest BCUT2D eigenvalue weighted by Gasteiger charge is 2.16. The molecule has 6 heteroatoms. The summed E-state index contributed by atoms with van der Waals surface area (Å²) in [5.41, 5.74) is -0.267. The first-order valence-corrected chi connectivity index (χ1v) is 6.61. The average Bonchev–Trinajstić information content (AvgIpc) is 2.40. The lowest BCUT2D eigenvalue weighted by Gasteiger charge is -2.14. The molecule has 0 aliphatic rings. The summed E-state index contributed by atoms with van der Waals surface area (Å²) in [7, 11) is 0. The molecule has 0 bridgehead atoms. The van der Waals surface area contributed by atoms with Crippen LogP contribution in [0.5, 0.6) is 0 Å². The number of nitrogens with one attached hydrogen (secondary N) is 2. The van der Waals surface area contributed by atoms with E-state index in [1.807, 2.05) is 6.92 Å². The number of hydrogen-bond acceptors (Lipinski definition) is 3. The Balaban J connectivity index is 2.79. The second kappa shape index (κ2) is 7.79. The Morgan fingerprint density at radius 3 is 2.40 bits per heavy atom. The van der Waals surface area contributed by atoms with Crippen LogP contribution in [0.15, 0.2) is 12.1 Å². The quantitative estimate of drug-likeness (QED) is 0.810. The van der Waals surface area contributed by atoms with Crippen molar-refractivity contribution in [3.63, 3.8) is 0 Å². The Bertz CT molecular complexity index is 443. The van der Waals surface area contributed by atoms with E-state index >= 15 is 0 Å². The van der Waals surface area contributed by atoms with E-state index in [-0.39, 0.29) is 17.3 Å². The number of halogens is 2. The SMILES string of the molecule is CCNc1c(F)cc(C(=O)NC(C)COCC)cc1F. The summed E-state index contributed by atoms with van der Waals surface area (Å²) in [4.78, 5) is 11.9. The van der Waals surface area contributed by atoms with Crippen molar-refractivity contribution >= 4 is 11.6 Å².